The van der Waals surface area contributed by atoms with Crippen molar-refractivity contribution in [1.82, 2.24) is 9.55 Å². The second-order valence-corrected chi connectivity index (χ2v) is 3.06. The van der Waals surface area contributed by atoms with Crippen molar-refractivity contribution in [3.05, 3.63) is 47.9 Å². The van der Waals surface area contributed by atoms with Crippen LogP contribution in [0, 0.1) is 6.92 Å². The Labute approximate surface area is 82.0 Å². The lowest BCUT2D eigenvalue weighted by Crippen LogP contribution is -2.00. The van der Waals surface area contributed by atoms with Gasteiger partial charge in [0.05, 0.1) is 5.69 Å². The Hall–Kier alpha value is -1.90. The Morgan fingerprint density at radius 3 is 2.86 bits per heavy atom. The maximum atomic E-state index is 10.7. The summed E-state index contributed by atoms with van der Waals surface area (Å²) in [5.74, 6) is 0.775. The average Bonchev–Trinajstić information content (AvgIpc) is 2.65. The van der Waals surface area contributed by atoms with Gasteiger partial charge in [-0.15, -0.1) is 0 Å². The highest BCUT2D eigenvalue weighted by Gasteiger charge is 2.02. The number of rotatable bonds is 2. The normalized spacial score (nSPS) is 10.1. The van der Waals surface area contributed by atoms with Crippen molar-refractivity contribution < 1.29 is 4.79 Å². The molecule has 0 amide bonds. The van der Waals surface area contributed by atoms with Gasteiger partial charge < -0.3 is 0 Å². The van der Waals surface area contributed by atoms with Crippen molar-refractivity contribution in [3.63, 3.8) is 0 Å². The first-order valence-corrected chi connectivity index (χ1v) is 4.38. The quantitative estimate of drug-likeness (QED) is 0.672. The van der Waals surface area contributed by atoms with Crippen molar-refractivity contribution in [2.24, 2.45) is 0 Å². The molecular formula is C11H10N2O. The first-order valence-electron chi connectivity index (χ1n) is 4.38. The van der Waals surface area contributed by atoms with Gasteiger partial charge in [0.25, 0.3) is 0 Å². The molecule has 14 heavy (non-hydrogen) atoms. The molecule has 0 unspecified atom stereocenters. The van der Waals surface area contributed by atoms with E-state index in [1.807, 2.05) is 37.4 Å². The molecule has 0 atom stereocenters. The summed E-state index contributed by atoms with van der Waals surface area (Å²) in [7, 11) is 0. The monoisotopic (exact) mass is 186 g/mol. The fourth-order valence-corrected chi connectivity index (χ4v) is 1.36. The highest BCUT2D eigenvalue weighted by Crippen LogP contribution is 2.09. The third-order valence-electron chi connectivity index (χ3n) is 2.02. The molecule has 0 aliphatic heterocycles. The molecule has 70 valence electrons. The van der Waals surface area contributed by atoms with Crippen LogP contribution in [0.2, 0.25) is 0 Å². The number of carbonyl (C=O) groups excluding carboxylic acids is 1. The minimum absolute atomic E-state index is 0.614. The molecule has 0 fully saturated rings. The minimum Gasteiger partial charge on any atom is -0.299 e. The van der Waals surface area contributed by atoms with Crippen LogP contribution in [0.1, 0.15) is 16.2 Å². The van der Waals surface area contributed by atoms with E-state index in [1.54, 1.807) is 10.6 Å². The molecule has 2 aromatic heterocycles. The summed E-state index contributed by atoms with van der Waals surface area (Å²) in [4.78, 5) is 15.0. The van der Waals surface area contributed by atoms with Gasteiger partial charge in [0.2, 0.25) is 0 Å². The van der Waals surface area contributed by atoms with Crippen LogP contribution in [0.4, 0.5) is 0 Å². The molecule has 0 aromatic carbocycles. The predicted molar refractivity (Wildman–Crippen MR) is 53.7 cm³/mol. The van der Waals surface area contributed by atoms with Crippen LogP contribution < -0.4 is 0 Å². The van der Waals surface area contributed by atoms with Crippen LogP contribution in [-0.2, 0) is 0 Å². The lowest BCUT2D eigenvalue weighted by atomic mass is 10.3. The number of carbonyl (C=O) groups is 1. The molecule has 0 saturated heterocycles. The van der Waals surface area contributed by atoms with Gasteiger partial charge in [-0.1, -0.05) is 6.07 Å². The summed E-state index contributed by atoms with van der Waals surface area (Å²) in [6, 6.07) is 9.31. The van der Waals surface area contributed by atoms with Crippen LogP contribution in [0.3, 0.4) is 0 Å². The molecule has 2 rings (SSSR count). The van der Waals surface area contributed by atoms with Crippen molar-refractivity contribution in [2.75, 3.05) is 0 Å². The molecule has 3 heteroatoms. The van der Waals surface area contributed by atoms with Gasteiger partial charge in [-0.25, -0.2) is 4.98 Å². The van der Waals surface area contributed by atoms with E-state index in [1.165, 1.54) is 0 Å². The third kappa shape index (κ3) is 1.44. The summed E-state index contributed by atoms with van der Waals surface area (Å²) < 4.78 is 1.76. The van der Waals surface area contributed by atoms with Crippen LogP contribution in [0.15, 0.2) is 36.5 Å². The van der Waals surface area contributed by atoms with E-state index in [9.17, 15) is 4.79 Å². The standard InChI is InChI=1S/C11H10N2O/c1-9-4-2-6-11(12-9)13-7-3-5-10(13)8-14/h2-8H,1H3. The zero-order chi connectivity index (χ0) is 9.97. The third-order valence-corrected chi connectivity index (χ3v) is 2.02. The van der Waals surface area contributed by atoms with Gasteiger partial charge >= 0.3 is 0 Å². The Balaban J connectivity index is 2.54. The van der Waals surface area contributed by atoms with Crippen molar-refractivity contribution >= 4 is 6.29 Å². The molecule has 2 aromatic rings. The second kappa shape index (κ2) is 3.46. The molecular weight excluding hydrogens is 176 g/mol. The van der Waals surface area contributed by atoms with Crippen molar-refractivity contribution in [3.8, 4) is 5.82 Å². The zero-order valence-electron chi connectivity index (χ0n) is 7.84. The predicted octanol–water partition coefficient (Wildman–Crippen LogP) is 1.99. The van der Waals surface area contributed by atoms with Gasteiger partial charge in [0, 0.05) is 11.9 Å². The largest absolute Gasteiger partial charge is 0.299 e. The lowest BCUT2D eigenvalue weighted by molar-refractivity contribution is 0.111. The zero-order valence-corrected chi connectivity index (χ0v) is 7.84. The lowest BCUT2D eigenvalue weighted by Gasteiger charge is -2.04. The van der Waals surface area contributed by atoms with E-state index in [-0.39, 0.29) is 0 Å². The Bertz CT molecular complexity index is 460. The number of nitrogens with zero attached hydrogens (tertiary/aromatic N) is 2. The van der Waals surface area contributed by atoms with E-state index >= 15 is 0 Å². The number of pyridine rings is 1. The number of aldehydes is 1. The average molecular weight is 186 g/mol. The fraction of sp³-hybridized carbons (Fsp3) is 0.0909. The fourth-order valence-electron chi connectivity index (χ4n) is 1.36. The van der Waals surface area contributed by atoms with Crippen LogP contribution in [0.25, 0.3) is 5.82 Å². The molecule has 3 nitrogen and oxygen atoms in total. The molecule has 0 N–H and O–H groups in total. The van der Waals surface area contributed by atoms with E-state index in [0.29, 0.717) is 5.69 Å². The van der Waals surface area contributed by atoms with Gasteiger partial charge in [0.1, 0.15) is 5.82 Å². The highest BCUT2D eigenvalue weighted by atomic mass is 16.1. The molecule has 0 spiro atoms. The number of aromatic nitrogens is 2. The summed E-state index contributed by atoms with van der Waals surface area (Å²) in [5, 5.41) is 0. The summed E-state index contributed by atoms with van der Waals surface area (Å²) in [6.45, 7) is 1.92. The van der Waals surface area contributed by atoms with E-state index < -0.39 is 0 Å². The molecule has 0 aliphatic carbocycles. The summed E-state index contributed by atoms with van der Waals surface area (Å²) in [6.07, 6.45) is 2.65. The number of hydrogen-bond donors (Lipinski definition) is 0. The molecule has 0 aliphatic rings. The molecule has 2 heterocycles. The first kappa shape index (κ1) is 8.69. The highest BCUT2D eigenvalue weighted by molar-refractivity contribution is 5.73. The number of aryl methyl sites for hydroxylation is 1. The SMILES string of the molecule is Cc1cccc(-n2cccc2C=O)n1. The second-order valence-electron chi connectivity index (χ2n) is 3.06. The Kier molecular flexibility index (Phi) is 2.14. The van der Waals surface area contributed by atoms with Gasteiger partial charge in [-0.2, -0.15) is 0 Å². The minimum atomic E-state index is 0.614. The van der Waals surface area contributed by atoms with Crippen LogP contribution in [0.5, 0.6) is 0 Å². The van der Waals surface area contributed by atoms with Gasteiger partial charge in [-0.3, -0.25) is 9.36 Å². The maximum Gasteiger partial charge on any atom is 0.166 e. The van der Waals surface area contributed by atoms with E-state index in [2.05, 4.69) is 4.98 Å². The van der Waals surface area contributed by atoms with Crippen LogP contribution >= 0.6 is 0 Å². The maximum absolute atomic E-state index is 10.7. The molecule has 0 saturated carbocycles. The van der Waals surface area contributed by atoms with Crippen LogP contribution in [-0.4, -0.2) is 15.8 Å². The molecule has 0 radical (unpaired) electrons. The van der Waals surface area contributed by atoms with E-state index in [4.69, 9.17) is 0 Å². The Morgan fingerprint density at radius 1 is 1.29 bits per heavy atom. The van der Waals surface area contributed by atoms with Crippen molar-refractivity contribution in [2.45, 2.75) is 6.92 Å². The van der Waals surface area contributed by atoms with Gasteiger partial charge in [0.15, 0.2) is 6.29 Å². The topological polar surface area (TPSA) is 34.9 Å². The van der Waals surface area contributed by atoms with Crippen molar-refractivity contribution in [1.29, 1.82) is 0 Å². The summed E-state index contributed by atoms with van der Waals surface area (Å²) in [5.41, 5.74) is 1.55. The summed E-state index contributed by atoms with van der Waals surface area (Å²) >= 11 is 0. The molecule has 0 bridgehead atoms. The first-order chi connectivity index (χ1) is 6.81. The smallest absolute Gasteiger partial charge is 0.166 e. The van der Waals surface area contributed by atoms with Gasteiger partial charge in [-0.05, 0) is 31.2 Å². The van der Waals surface area contributed by atoms with E-state index in [0.717, 1.165) is 17.8 Å². The number of hydrogen-bond acceptors (Lipinski definition) is 2. The Morgan fingerprint density at radius 2 is 2.14 bits per heavy atom.